The lowest BCUT2D eigenvalue weighted by Gasteiger charge is -2.20. The summed E-state index contributed by atoms with van der Waals surface area (Å²) in [5, 5.41) is 21.7. The first kappa shape index (κ1) is 19.6. The minimum atomic E-state index is 0.00553. The van der Waals surface area contributed by atoms with E-state index in [4.69, 9.17) is 10.5 Å². The van der Waals surface area contributed by atoms with E-state index in [2.05, 4.69) is 5.32 Å². The van der Waals surface area contributed by atoms with Crippen molar-refractivity contribution >= 4 is 17.7 Å². The third-order valence-corrected chi connectivity index (χ3v) is 4.55. The molecule has 0 fully saturated rings. The van der Waals surface area contributed by atoms with E-state index < -0.39 is 0 Å². The van der Waals surface area contributed by atoms with Crippen molar-refractivity contribution in [2.45, 2.75) is 26.5 Å². The first-order chi connectivity index (χ1) is 11.6. The van der Waals surface area contributed by atoms with Crippen molar-refractivity contribution in [3.05, 3.63) is 46.0 Å². The van der Waals surface area contributed by atoms with Gasteiger partial charge in [-0.2, -0.15) is 10.5 Å². The van der Waals surface area contributed by atoms with Crippen LogP contribution in [-0.4, -0.2) is 30.4 Å². The number of rotatable bonds is 8. The molecule has 0 unspecified atom stereocenters. The van der Waals surface area contributed by atoms with Crippen LogP contribution in [0.4, 0.5) is 0 Å². The molecule has 0 atom stereocenters. The van der Waals surface area contributed by atoms with Gasteiger partial charge in [-0.15, -0.1) is 11.8 Å². The molecular weight excluding hydrogens is 320 g/mol. The van der Waals surface area contributed by atoms with E-state index in [1.807, 2.05) is 57.2 Å². The molecule has 0 radical (unpaired) electrons. The zero-order valence-corrected chi connectivity index (χ0v) is 15.1. The first-order valence-electron chi connectivity index (χ1n) is 7.91. The number of benzene rings is 1. The van der Waals surface area contributed by atoms with Crippen LogP contribution in [0, 0.1) is 22.7 Å². The van der Waals surface area contributed by atoms with Crippen molar-refractivity contribution < 1.29 is 4.79 Å². The lowest BCUT2D eigenvalue weighted by atomic mass is 10.1. The van der Waals surface area contributed by atoms with Crippen molar-refractivity contribution in [2.24, 2.45) is 0 Å². The molecule has 126 valence electrons. The number of amides is 1. The Morgan fingerprint density at radius 2 is 1.79 bits per heavy atom. The van der Waals surface area contributed by atoms with Gasteiger partial charge in [0.2, 0.25) is 0 Å². The van der Waals surface area contributed by atoms with Gasteiger partial charge in [0.15, 0.2) is 5.57 Å². The van der Waals surface area contributed by atoms with E-state index in [1.165, 1.54) is 11.8 Å². The van der Waals surface area contributed by atoms with Gasteiger partial charge in [0.05, 0.1) is 5.03 Å². The van der Waals surface area contributed by atoms with Crippen LogP contribution in [0.25, 0.3) is 0 Å². The zero-order valence-electron chi connectivity index (χ0n) is 14.3. The molecule has 1 N–H and O–H groups in total. The van der Waals surface area contributed by atoms with Crippen LogP contribution in [0.3, 0.4) is 0 Å². The third kappa shape index (κ3) is 5.04. The maximum Gasteiger partial charge on any atom is 0.254 e. The molecule has 0 saturated heterocycles. The van der Waals surface area contributed by atoms with Crippen molar-refractivity contribution in [3.8, 4) is 12.1 Å². The summed E-state index contributed by atoms with van der Waals surface area (Å²) >= 11 is 1.37. The molecular formula is C18H22N4OS. The Bertz CT molecular complexity index is 665. The van der Waals surface area contributed by atoms with Gasteiger partial charge in [0, 0.05) is 31.0 Å². The van der Waals surface area contributed by atoms with Gasteiger partial charge in [-0.3, -0.25) is 4.79 Å². The minimum absolute atomic E-state index is 0.00553. The second kappa shape index (κ2) is 10.4. The molecule has 0 aliphatic carbocycles. The van der Waals surface area contributed by atoms with Gasteiger partial charge >= 0.3 is 0 Å². The largest absolute Gasteiger partial charge is 0.378 e. The second-order valence-corrected chi connectivity index (χ2v) is 5.87. The van der Waals surface area contributed by atoms with Crippen LogP contribution in [0.5, 0.6) is 0 Å². The quantitative estimate of drug-likeness (QED) is 0.733. The molecule has 0 aromatic heterocycles. The Kier molecular flexibility index (Phi) is 8.46. The minimum Gasteiger partial charge on any atom is -0.378 e. The number of carbonyl (C=O) groups is 1. The summed E-state index contributed by atoms with van der Waals surface area (Å²) < 4.78 is 0. The summed E-state index contributed by atoms with van der Waals surface area (Å²) in [5.74, 6) is 0.518. The summed E-state index contributed by atoms with van der Waals surface area (Å²) in [6.45, 7) is 7.76. The highest BCUT2D eigenvalue weighted by Crippen LogP contribution is 2.24. The predicted molar refractivity (Wildman–Crippen MR) is 96.9 cm³/mol. The number of nitrogens with zero attached hydrogens (tertiary/aromatic N) is 3. The van der Waals surface area contributed by atoms with E-state index in [9.17, 15) is 4.79 Å². The topological polar surface area (TPSA) is 79.9 Å². The number of hydrogen-bond acceptors (Lipinski definition) is 5. The lowest BCUT2D eigenvalue weighted by molar-refractivity contribution is 0.0772. The van der Waals surface area contributed by atoms with Crippen molar-refractivity contribution in [1.82, 2.24) is 10.2 Å². The second-order valence-electron chi connectivity index (χ2n) is 4.88. The Morgan fingerprint density at radius 1 is 1.17 bits per heavy atom. The van der Waals surface area contributed by atoms with E-state index in [0.717, 1.165) is 5.56 Å². The number of thioether (sulfide) groups is 1. The monoisotopic (exact) mass is 342 g/mol. The van der Waals surface area contributed by atoms with Crippen LogP contribution < -0.4 is 5.32 Å². The molecule has 1 aromatic rings. The fraction of sp³-hybridized carbons (Fsp3) is 0.389. The van der Waals surface area contributed by atoms with Gasteiger partial charge in [0.25, 0.3) is 5.91 Å². The third-order valence-electron chi connectivity index (χ3n) is 3.46. The van der Waals surface area contributed by atoms with E-state index in [-0.39, 0.29) is 11.5 Å². The van der Waals surface area contributed by atoms with Crippen LogP contribution in [0.15, 0.2) is 34.9 Å². The normalized spacial score (nSPS) is 9.54. The SMILES string of the molecule is CCNC(SCc1ccccc1C(=O)N(CC)CC)=C(C#N)C#N. The van der Waals surface area contributed by atoms with Crippen molar-refractivity contribution in [3.63, 3.8) is 0 Å². The fourth-order valence-electron chi connectivity index (χ4n) is 2.18. The summed E-state index contributed by atoms with van der Waals surface area (Å²) in [6.07, 6.45) is 0. The maximum absolute atomic E-state index is 12.6. The van der Waals surface area contributed by atoms with Crippen LogP contribution in [-0.2, 0) is 5.75 Å². The standard InChI is InChI=1S/C18H22N4OS/c1-4-21-17(15(11-19)12-20)24-13-14-9-7-8-10-16(14)18(23)22(5-2)6-3/h7-10,21H,4-6,13H2,1-3H3. The van der Waals surface area contributed by atoms with Crippen LogP contribution in [0.1, 0.15) is 36.7 Å². The maximum atomic E-state index is 12.6. The van der Waals surface area contributed by atoms with Gasteiger partial charge in [-0.05, 0) is 32.4 Å². The number of nitriles is 2. The first-order valence-corrected chi connectivity index (χ1v) is 8.89. The summed E-state index contributed by atoms with van der Waals surface area (Å²) in [7, 11) is 0. The molecule has 1 aromatic carbocycles. The molecule has 0 aliphatic heterocycles. The lowest BCUT2D eigenvalue weighted by Crippen LogP contribution is -2.31. The van der Waals surface area contributed by atoms with Crippen LogP contribution in [0.2, 0.25) is 0 Å². The van der Waals surface area contributed by atoms with Gasteiger partial charge in [0.1, 0.15) is 12.1 Å². The molecule has 0 spiro atoms. The Hall–Kier alpha value is -2.44. The zero-order chi connectivity index (χ0) is 17.9. The highest BCUT2D eigenvalue weighted by Gasteiger charge is 2.17. The molecule has 1 amide bonds. The van der Waals surface area contributed by atoms with E-state index in [1.54, 1.807) is 4.90 Å². The molecule has 24 heavy (non-hydrogen) atoms. The molecule has 0 heterocycles. The van der Waals surface area contributed by atoms with Gasteiger partial charge < -0.3 is 10.2 Å². The number of carbonyl (C=O) groups excluding carboxylic acids is 1. The fourth-order valence-corrected chi connectivity index (χ4v) is 3.22. The van der Waals surface area contributed by atoms with E-state index in [0.29, 0.717) is 36.0 Å². The Balaban J connectivity index is 3.05. The molecule has 0 bridgehead atoms. The molecule has 6 heteroatoms. The van der Waals surface area contributed by atoms with Gasteiger partial charge in [-0.1, -0.05) is 18.2 Å². The summed E-state index contributed by atoms with van der Waals surface area (Å²) in [4.78, 5) is 14.4. The number of allylic oxidation sites excluding steroid dienone is 1. The molecule has 5 nitrogen and oxygen atoms in total. The number of nitrogens with one attached hydrogen (secondary N) is 1. The van der Waals surface area contributed by atoms with Crippen molar-refractivity contribution in [2.75, 3.05) is 19.6 Å². The Morgan fingerprint density at radius 3 is 2.33 bits per heavy atom. The molecule has 0 aliphatic rings. The Labute approximate surface area is 148 Å². The predicted octanol–water partition coefficient (Wildman–Crippen LogP) is 3.27. The highest BCUT2D eigenvalue weighted by atomic mass is 32.2. The highest BCUT2D eigenvalue weighted by molar-refractivity contribution is 8.02. The van der Waals surface area contributed by atoms with Gasteiger partial charge in [-0.25, -0.2) is 0 Å². The van der Waals surface area contributed by atoms with Crippen molar-refractivity contribution in [1.29, 1.82) is 10.5 Å². The average molecular weight is 342 g/mol. The van der Waals surface area contributed by atoms with Crippen LogP contribution >= 0.6 is 11.8 Å². The molecule has 1 rings (SSSR count). The van der Waals surface area contributed by atoms with E-state index >= 15 is 0 Å². The average Bonchev–Trinajstić information content (AvgIpc) is 2.61. The number of hydrogen-bond donors (Lipinski definition) is 1. The smallest absolute Gasteiger partial charge is 0.254 e. The molecule has 0 saturated carbocycles. The summed E-state index contributed by atoms with van der Waals surface area (Å²) in [5.41, 5.74) is 1.62. The summed E-state index contributed by atoms with van der Waals surface area (Å²) in [6, 6.07) is 11.3.